The van der Waals surface area contributed by atoms with Gasteiger partial charge in [0.05, 0.1) is 13.0 Å². The molecule has 2 nitrogen and oxygen atoms in total. The predicted molar refractivity (Wildman–Crippen MR) is 44.2 cm³/mol. The van der Waals surface area contributed by atoms with E-state index in [0.29, 0.717) is 5.33 Å². The average molecular weight is 209 g/mol. The Morgan fingerprint density at radius 1 is 1.70 bits per heavy atom. The maximum atomic E-state index is 10.9. The van der Waals surface area contributed by atoms with E-state index in [1.807, 2.05) is 0 Å². The van der Waals surface area contributed by atoms with Gasteiger partial charge in [0.25, 0.3) is 0 Å². The Balaban J connectivity index is 3.68. The van der Waals surface area contributed by atoms with Gasteiger partial charge in [0.2, 0.25) is 0 Å². The van der Waals surface area contributed by atoms with Crippen molar-refractivity contribution < 1.29 is 9.53 Å². The number of methoxy groups -OCH3 is 1. The van der Waals surface area contributed by atoms with Crippen LogP contribution in [0.4, 0.5) is 0 Å². The van der Waals surface area contributed by atoms with Gasteiger partial charge in [-0.3, -0.25) is 4.79 Å². The van der Waals surface area contributed by atoms with Gasteiger partial charge in [0.15, 0.2) is 0 Å². The number of hydrogen-bond donors (Lipinski definition) is 0. The van der Waals surface area contributed by atoms with Gasteiger partial charge in [0, 0.05) is 5.33 Å². The largest absolute Gasteiger partial charge is 0.469 e. The van der Waals surface area contributed by atoms with Gasteiger partial charge in [-0.2, -0.15) is 0 Å². The minimum Gasteiger partial charge on any atom is -0.469 e. The molecule has 0 amide bonds. The molecule has 0 N–H and O–H groups in total. The summed E-state index contributed by atoms with van der Waals surface area (Å²) in [5.41, 5.74) is 0. The smallest absolute Gasteiger partial charge is 0.309 e. The number of alkyl halides is 1. The Morgan fingerprint density at radius 2 is 2.30 bits per heavy atom. The molecule has 0 bridgehead atoms. The summed E-state index contributed by atoms with van der Waals surface area (Å²) >= 11 is 3.26. The summed E-state index contributed by atoms with van der Waals surface area (Å²) in [6, 6.07) is 0. The molecule has 0 radical (unpaired) electrons. The zero-order valence-corrected chi connectivity index (χ0v) is 7.98. The van der Waals surface area contributed by atoms with Crippen molar-refractivity contribution in [1.82, 2.24) is 0 Å². The van der Waals surface area contributed by atoms with Crippen LogP contribution >= 0.6 is 15.9 Å². The number of hydrogen-bond acceptors (Lipinski definition) is 2. The summed E-state index contributed by atoms with van der Waals surface area (Å²) in [7, 11) is 1.42. The number of esters is 1. The van der Waals surface area contributed by atoms with E-state index in [1.54, 1.807) is 0 Å². The topological polar surface area (TPSA) is 26.3 Å². The van der Waals surface area contributed by atoms with Crippen molar-refractivity contribution in [1.29, 1.82) is 0 Å². The molecule has 60 valence electrons. The number of carbonyl (C=O) groups is 1. The third kappa shape index (κ3) is 3.20. The lowest BCUT2D eigenvalue weighted by Crippen LogP contribution is -2.16. The van der Waals surface area contributed by atoms with Gasteiger partial charge in [0.1, 0.15) is 0 Å². The molecule has 3 heteroatoms. The van der Waals surface area contributed by atoms with E-state index in [1.165, 1.54) is 7.11 Å². The van der Waals surface area contributed by atoms with Crippen molar-refractivity contribution in [3.63, 3.8) is 0 Å². The number of halogens is 1. The van der Waals surface area contributed by atoms with Crippen LogP contribution in [0, 0.1) is 5.92 Å². The summed E-state index contributed by atoms with van der Waals surface area (Å²) < 4.78 is 4.59. The molecule has 0 aromatic carbocycles. The first-order valence-electron chi connectivity index (χ1n) is 3.40. The van der Waals surface area contributed by atoms with Crippen LogP contribution < -0.4 is 0 Å². The van der Waals surface area contributed by atoms with E-state index < -0.39 is 0 Å². The van der Waals surface area contributed by atoms with Crippen molar-refractivity contribution in [2.45, 2.75) is 19.8 Å². The van der Waals surface area contributed by atoms with Gasteiger partial charge in [-0.25, -0.2) is 0 Å². The summed E-state index contributed by atoms with van der Waals surface area (Å²) in [5.74, 6) is -0.0753. The second-order valence-electron chi connectivity index (χ2n) is 2.16. The molecule has 0 spiro atoms. The molecule has 0 rings (SSSR count). The number of rotatable bonds is 4. The van der Waals surface area contributed by atoms with Gasteiger partial charge in [-0.1, -0.05) is 29.3 Å². The van der Waals surface area contributed by atoms with Crippen molar-refractivity contribution in [3.8, 4) is 0 Å². The average Bonchev–Trinajstić information content (AvgIpc) is 1.99. The van der Waals surface area contributed by atoms with Crippen LogP contribution in [-0.2, 0) is 9.53 Å². The van der Waals surface area contributed by atoms with E-state index in [2.05, 4.69) is 27.6 Å². The molecule has 0 heterocycles. The van der Waals surface area contributed by atoms with Crippen LogP contribution in [0.5, 0.6) is 0 Å². The van der Waals surface area contributed by atoms with Crippen molar-refractivity contribution in [3.05, 3.63) is 0 Å². The number of carbonyl (C=O) groups excluding carboxylic acids is 1. The Labute approximate surface area is 70.1 Å². The summed E-state index contributed by atoms with van der Waals surface area (Å²) in [6.07, 6.45) is 1.92. The number of ether oxygens (including phenoxy) is 1. The highest BCUT2D eigenvalue weighted by Crippen LogP contribution is 2.10. The van der Waals surface area contributed by atoms with Gasteiger partial charge in [-0.05, 0) is 6.42 Å². The van der Waals surface area contributed by atoms with Crippen LogP contribution in [-0.4, -0.2) is 18.4 Å². The standard InChI is InChI=1S/C7H13BrO2/c1-3-4-6(5-8)7(9)10-2/h6H,3-5H2,1-2H3. The van der Waals surface area contributed by atoms with Gasteiger partial charge in [-0.15, -0.1) is 0 Å². The lowest BCUT2D eigenvalue weighted by atomic mass is 10.1. The lowest BCUT2D eigenvalue weighted by Gasteiger charge is -2.08. The molecular formula is C7H13BrO2. The molecule has 0 aromatic heterocycles. The highest BCUT2D eigenvalue weighted by Gasteiger charge is 2.15. The summed E-state index contributed by atoms with van der Waals surface area (Å²) in [5, 5.41) is 0.702. The molecule has 0 aliphatic carbocycles. The van der Waals surface area contributed by atoms with Crippen LogP contribution in [0.25, 0.3) is 0 Å². The molecule has 0 fully saturated rings. The van der Waals surface area contributed by atoms with Crippen molar-refractivity contribution in [2.24, 2.45) is 5.92 Å². The quantitative estimate of drug-likeness (QED) is 0.522. The molecule has 0 aliphatic rings. The van der Waals surface area contributed by atoms with Crippen LogP contribution in [0.1, 0.15) is 19.8 Å². The Kier molecular flexibility index (Phi) is 5.69. The first kappa shape index (κ1) is 9.95. The monoisotopic (exact) mass is 208 g/mol. The second-order valence-corrected chi connectivity index (χ2v) is 2.81. The van der Waals surface area contributed by atoms with E-state index in [0.717, 1.165) is 12.8 Å². The Bertz CT molecular complexity index is 104. The van der Waals surface area contributed by atoms with Crippen LogP contribution in [0.2, 0.25) is 0 Å². The molecule has 0 saturated heterocycles. The fourth-order valence-corrected chi connectivity index (χ4v) is 1.36. The van der Waals surface area contributed by atoms with E-state index in [-0.39, 0.29) is 11.9 Å². The fourth-order valence-electron chi connectivity index (χ4n) is 0.773. The summed E-state index contributed by atoms with van der Waals surface area (Å²) in [4.78, 5) is 10.9. The first-order valence-corrected chi connectivity index (χ1v) is 4.52. The molecule has 10 heavy (non-hydrogen) atoms. The molecule has 1 unspecified atom stereocenters. The zero-order chi connectivity index (χ0) is 7.98. The van der Waals surface area contributed by atoms with E-state index in [9.17, 15) is 4.79 Å². The van der Waals surface area contributed by atoms with Crippen molar-refractivity contribution in [2.75, 3.05) is 12.4 Å². The van der Waals surface area contributed by atoms with E-state index in [4.69, 9.17) is 0 Å². The first-order chi connectivity index (χ1) is 4.76. The van der Waals surface area contributed by atoms with E-state index >= 15 is 0 Å². The summed E-state index contributed by atoms with van der Waals surface area (Å²) in [6.45, 7) is 2.05. The Hall–Kier alpha value is -0.0500. The molecule has 0 saturated carbocycles. The maximum absolute atomic E-state index is 10.9. The minimum absolute atomic E-state index is 0.0370. The third-order valence-electron chi connectivity index (χ3n) is 1.36. The van der Waals surface area contributed by atoms with Crippen LogP contribution in [0.3, 0.4) is 0 Å². The van der Waals surface area contributed by atoms with Gasteiger partial charge < -0.3 is 4.74 Å². The molecule has 0 aromatic rings. The molecule has 0 aliphatic heterocycles. The predicted octanol–water partition coefficient (Wildman–Crippen LogP) is 1.97. The Morgan fingerprint density at radius 3 is 2.60 bits per heavy atom. The lowest BCUT2D eigenvalue weighted by molar-refractivity contribution is -0.144. The molecule has 1 atom stereocenters. The zero-order valence-electron chi connectivity index (χ0n) is 6.39. The van der Waals surface area contributed by atoms with Crippen LogP contribution in [0.15, 0.2) is 0 Å². The fraction of sp³-hybridized carbons (Fsp3) is 0.857. The minimum atomic E-state index is -0.112. The maximum Gasteiger partial charge on any atom is 0.309 e. The highest BCUT2D eigenvalue weighted by atomic mass is 79.9. The molecular weight excluding hydrogens is 196 g/mol. The normalized spacial score (nSPS) is 12.7. The third-order valence-corrected chi connectivity index (χ3v) is 2.14. The van der Waals surface area contributed by atoms with Crippen molar-refractivity contribution >= 4 is 21.9 Å². The second kappa shape index (κ2) is 5.71. The highest BCUT2D eigenvalue weighted by molar-refractivity contribution is 9.09. The SMILES string of the molecule is CCCC(CBr)C(=O)OC. The van der Waals surface area contributed by atoms with Gasteiger partial charge >= 0.3 is 5.97 Å².